The Kier molecular flexibility index (Phi) is 7.46. The van der Waals surface area contributed by atoms with Crippen LogP contribution in [0.15, 0.2) is 52.3 Å². The molecule has 2 aromatic rings. The van der Waals surface area contributed by atoms with Crippen molar-refractivity contribution in [3.8, 4) is 5.75 Å². The van der Waals surface area contributed by atoms with E-state index in [1.165, 1.54) is 43.1 Å². The molecule has 2 aliphatic heterocycles. The lowest BCUT2D eigenvalue weighted by Crippen LogP contribution is -2.35. The van der Waals surface area contributed by atoms with Crippen molar-refractivity contribution in [1.29, 1.82) is 0 Å². The Bertz CT molecular complexity index is 969. The molecular weight excluding hydrogens is 428 g/mol. The first-order valence-electron chi connectivity index (χ1n) is 11.3. The first-order valence-corrected chi connectivity index (χ1v) is 13.7. The minimum atomic E-state index is -3.59. The molecule has 7 heteroatoms. The van der Waals surface area contributed by atoms with Crippen LogP contribution >= 0.6 is 11.8 Å². The zero-order valence-corrected chi connectivity index (χ0v) is 19.9. The van der Waals surface area contributed by atoms with Crippen LogP contribution in [0.3, 0.4) is 0 Å². The highest BCUT2D eigenvalue weighted by molar-refractivity contribution is 8.00. The predicted octanol–water partition coefficient (Wildman–Crippen LogP) is 4.94. The molecule has 4 rings (SSSR count). The summed E-state index contributed by atoms with van der Waals surface area (Å²) < 4.78 is 34.2. The lowest BCUT2D eigenvalue weighted by Gasteiger charge is -2.30. The summed E-state index contributed by atoms with van der Waals surface area (Å²) in [4.78, 5) is 3.86. The molecule has 0 amide bonds. The third-order valence-corrected chi connectivity index (χ3v) is 8.82. The zero-order chi connectivity index (χ0) is 21.7. The number of fused-ring (bicyclic) bond motifs is 1. The predicted molar refractivity (Wildman–Crippen MR) is 128 cm³/mol. The van der Waals surface area contributed by atoms with E-state index in [9.17, 15) is 8.42 Å². The monoisotopic (exact) mass is 460 g/mol. The minimum Gasteiger partial charge on any atom is -0.493 e. The van der Waals surface area contributed by atoms with E-state index < -0.39 is 10.0 Å². The number of anilines is 1. The smallest absolute Gasteiger partial charge is 0.264 e. The molecule has 2 heterocycles. The number of hydrogen-bond donors (Lipinski definition) is 0. The molecule has 2 aliphatic rings. The maximum atomic E-state index is 13.3. The summed E-state index contributed by atoms with van der Waals surface area (Å²) in [6.45, 7) is 6.53. The van der Waals surface area contributed by atoms with Gasteiger partial charge in [0.25, 0.3) is 10.0 Å². The van der Waals surface area contributed by atoms with Gasteiger partial charge in [0.15, 0.2) is 0 Å². The standard InChI is InChI=1S/C24H32N2O3S2/c1-20-7-10-22(11-8-20)31(27,28)26-16-18-30-24-12-9-21(19-23(24)26)29-17-6-15-25-13-4-2-3-5-14-25/h7-12,19H,2-6,13-18H2,1H3. The lowest BCUT2D eigenvalue weighted by molar-refractivity contribution is 0.240. The van der Waals surface area contributed by atoms with Gasteiger partial charge in [-0.2, -0.15) is 0 Å². The fourth-order valence-corrected chi connectivity index (χ4v) is 6.81. The number of likely N-dealkylation sites (tertiary alicyclic amines) is 1. The molecule has 0 N–H and O–H groups in total. The van der Waals surface area contributed by atoms with E-state index in [2.05, 4.69) is 4.90 Å². The Labute approximate surface area is 190 Å². The number of sulfonamides is 1. The molecule has 0 unspecified atom stereocenters. The number of rotatable bonds is 7. The summed E-state index contributed by atoms with van der Waals surface area (Å²) >= 11 is 1.70. The van der Waals surface area contributed by atoms with Crippen LogP contribution in [0.4, 0.5) is 5.69 Å². The van der Waals surface area contributed by atoms with E-state index in [0.29, 0.717) is 18.0 Å². The second-order valence-electron chi connectivity index (χ2n) is 8.33. The number of benzene rings is 2. The summed E-state index contributed by atoms with van der Waals surface area (Å²) in [5.74, 6) is 1.48. The van der Waals surface area contributed by atoms with Crippen LogP contribution in [0.2, 0.25) is 0 Å². The maximum Gasteiger partial charge on any atom is 0.264 e. The van der Waals surface area contributed by atoms with E-state index >= 15 is 0 Å². The molecule has 0 atom stereocenters. The summed E-state index contributed by atoms with van der Waals surface area (Å²) in [5.41, 5.74) is 1.77. The molecule has 0 radical (unpaired) electrons. The highest BCUT2D eigenvalue weighted by atomic mass is 32.2. The average Bonchev–Trinajstić information content (AvgIpc) is 3.05. The van der Waals surface area contributed by atoms with Crippen molar-refractivity contribution in [3.05, 3.63) is 48.0 Å². The van der Waals surface area contributed by atoms with Gasteiger partial charge in [-0.15, -0.1) is 11.8 Å². The SMILES string of the molecule is Cc1ccc(S(=O)(=O)N2CCSc3ccc(OCCCN4CCCCCC4)cc32)cc1. The average molecular weight is 461 g/mol. The number of nitrogens with zero attached hydrogens (tertiary/aromatic N) is 2. The van der Waals surface area contributed by atoms with Crippen LogP contribution in [-0.2, 0) is 10.0 Å². The Morgan fingerprint density at radius 1 is 0.968 bits per heavy atom. The number of thioether (sulfide) groups is 1. The van der Waals surface area contributed by atoms with Gasteiger partial charge in [-0.3, -0.25) is 4.31 Å². The first-order chi connectivity index (χ1) is 15.0. The van der Waals surface area contributed by atoms with Gasteiger partial charge in [0, 0.05) is 29.8 Å². The highest BCUT2D eigenvalue weighted by Gasteiger charge is 2.29. The van der Waals surface area contributed by atoms with E-state index in [1.807, 2.05) is 37.3 Å². The summed E-state index contributed by atoms with van der Waals surface area (Å²) in [5, 5.41) is 0. The third-order valence-electron chi connectivity index (χ3n) is 5.95. The fraction of sp³-hybridized carbons (Fsp3) is 0.500. The molecule has 0 aromatic heterocycles. The first kappa shape index (κ1) is 22.5. The maximum absolute atomic E-state index is 13.3. The second kappa shape index (κ2) is 10.3. The van der Waals surface area contributed by atoms with E-state index in [4.69, 9.17) is 4.74 Å². The Hall–Kier alpha value is -1.70. The highest BCUT2D eigenvalue weighted by Crippen LogP contribution is 2.40. The Morgan fingerprint density at radius 3 is 2.45 bits per heavy atom. The van der Waals surface area contributed by atoms with Crippen molar-refractivity contribution in [2.75, 3.05) is 42.8 Å². The molecule has 5 nitrogen and oxygen atoms in total. The van der Waals surface area contributed by atoms with E-state index in [-0.39, 0.29) is 0 Å². The minimum absolute atomic E-state index is 0.333. The largest absolute Gasteiger partial charge is 0.493 e. The molecule has 1 fully saturated rings. The Balaban J connectivity index is 1.43. The van der Waals surface area contributed by atoms with Gasteiger partial charge < -0.3 is 9.64 Å². The van der Waals surface area contributed by atoms with Crippen LogP contribution in [0.1, 0.15) is 37.7 Å². The van der Waals surface area contributed by atoms with Crippen LogP contribution in [0.5, 0.6) is 5.75 Å². The van der Waals surface area contributed by atoms with Gasteiger partial charge in [-0.05, 0) is 63.5 Å². The molecule has 0 spiro atoms. The van der Waals surface area contributed by atoms with E-state index in [0.717, 1.165) is 40.6 Å². The van der Waals surface area contributed by atoms with Crippen molar-refractivity contribution in [1.82, 2.24) is 4.90 Å². The third kappa shape index (κ3) is 5.57. The molecule has 0 saturated carbocycles. The fourth-order valence-electron chi connectivity index (χ4n) is 4.19. The van der Waals surface area contributed by atoms with Crippen LogP contribution < -0.4 is 9.04 Å². The van der Waals surface area contributed by atoms with Crippen LogP contribution in [-0.4, -0.2) is 51.9 Å². The van der Waals surface area contributed by atoms with Gasteiger partial charge in [-0.1, -0.05) is 30.5 Å². The van der Waals surface area contributed by atoms with Crippen LogP contribution in [0, 0.1) is 6.92 Å². The summed E-state index contributed by atoms with van der Waals surface area (Å²) in [6.07, 6.45) is 6.28. The van der Waals surface area contributed by atoms with Crippen LogP contribution in [0.25, 0.3) is 0 Å². The van der Waals surface area contributed by atoms with E-state index in [1.54, 1.807) is 23.9 Å². The molecule has 168 valence electrons. The molecule has 0 aliphatic carbocycles. The van der Waals surface area contributed by atoms with Crippen molar-refractivity contribution in [2.45, 2.75) is 48.8 Å². The van der Waals surface area contributed by atoms with Crippen molar-refractivity contribution in [2.24, 2.45) is 0 Å². The quantitative estimate of drug-likeness (QED) is 0.548. The van der Waals surface area contributed by atoms with Gasteiger partial charge in [0.05, 0.1) is 17.2 Å². The molecule has 1 saturated heterocycles. The number of hydrogen-bond acceptors (Lipinski definition) is 5. The second-order valence-corrected chi connectivity index (χ2v) is 11.3. The molecule has 31 heavy (non-hydrogen) atoms. The zero-order valence-electron chi connectivity index (χ0n) is 18.3. The Morgan fingerprint density at radius 2 is 1.71 bits per heavy atom. The van der Waals surface area contributed by atoms with Crippen molar-refractivity contribution < 1.29 is 13.2 Å². The lowest BCUT2D eigenvalue weighted by atomic mass is 10.2. The number of ether oxygens (including phenoxy) is 1. The molecule has 2 aromatic carbocycles. The number of aryl methyl sites for hydroxylation is 1. The normalized spacial score (nSPS) is 17.8. The van der Waals surface area contributed by atoms with Gasteiger partial charge >= 0.3 is 0 Å². The topological polar surface area (TPSA) is 49.9 Å². The van der Waals surface area contributed by atoms with Crippen molar-refractivity contribution in [3.63, 3.8) is 0 Å². The molecule has 0 bridgehead atoms. The molecular formula is C24H32N2O3S2. The van der Waals surface area contributed by atoms with Gasteiger partial charge in [0.1, 0.15) is 5.75 Å². The summed E-state index contributed by atoms with van der Waals surface area (Å²) in [6, 6.07) is 12.9. The van der Waals surface area contributed by atoms with Gasteiger partial charge in [0.2, 0.25) is 0 Å². The van der Waals surface area contributed by atoms with Gasteiger partial charge in [-0.25, -0.2) is 8.42 Å². The van der Waals surface area contributed by atoms with Crippen molar-refractivity contribution >= 4 is 27.5 Å². The summed E-state index contributed by atoms with van der Waals surface area (Å²) in [7, 11) is -3.59.